The topological polar surface area (TPSA) is 66.8 Å². The van der Waals surface area contributed by atoms with Crippen molar-refractivity contribution in [3.63, 3.8) is 0 Å². The quantitative estimate of drug-likeness (QED) is 0.887. The summed E-state index contributed by atoms with van der Waals surface area (Å²) in [5, 5.41) is 9.05. The molecule has 0 saturated carbocycles. The lowest BCUT2D eigenvalue weighted by molar-refractivity contribution is -0.142. The van der Waals surface area contributed by atoms with Crippen LogP contribution in [0.4, 0.5) is 4.39 Å². The van der Waals surface area contributed by atoms with Crippen LogP contribution in [0.2, 0.25) is 0 Å². The van der Waals surface area contributed by atoms with Gasteiger partial charge in [0, 0.05) is 7.05 Å². The van der Waals surface area contributed by atoms with Crippen LogP contribution < -0.4 is 0 Å². The Bertz CT molecular complexity index is 505. The van der Waals surface area contributed by atoms with Crippen molar-refractivity contribution in [3.05, 3.63) is 35.6 Å². The molecule has 2 atom stereocenters. The van der Waals surface area contributed by atoms with Gasteiger partial charge < -0.3 is 14.7 Å². The van der Waals surface area contributed by atoms with Crippen LogP contribution >= 0.6 is 0 Å². The van der Waals surface area contributed by atoms with Gasteiger partial charge in [-0.3, -0.25) is 9.59 Å². The molecule has 2 rings (SSSR count). The van der Waals surface area contributed by atoms with Gasteiger partial charge in [-0.05, 0) is 12.1 Å². The van der Waals surface area contributed by atoms with Crippen LogP contribution in [0, 0.1) is 11.7 Å². The Kier molecular flexibility index (Phi) is 3.80. The molecule has 2 unspecified atom stereocenters. The Hall–Kier alpha value is -1.95. The van der Waals surface area contributed by atoms with E-state index in [1.54, 1.807) is 6.07 Å². The van der Waals surface area contributed by atoms with Gasteiger partial charge in [0.1, 0.15) is 11.7 Å². The molecule has 1 N–H and O–H groups in total. The van der Waals surface area contributed by atoms with Crippen molar-refractivity contribution in [2.45, 2.75) is 6.04 Å². The molecule has 0 bridgehead atoms. The second-order valence-corrected chi connectivity index (χ2v) is 4.45. The van der Waals surface area contributed by atoms with Crippen LogP contribution in [-0.2, 0) is 9.53 Å². The maximum Gasteiger partial charge on any atom is 0.311 e. The number of amides is 1. The molecule has 0 aromatic heterocycles. The molecule has 0 spiro atoms. The van der Waals surface area contributed by atoms with Crippen LogP contribution in [0.3, 0.4) is 0 Å². The fourth-order valence-electron chi connectivity index (χ4n) is 2.14. The zero-order chi connectivity index (χ0) is 14.0. The molecule has 5 nitrogen and oxygen atoms in total. The molecule has 1 amide bonds. The van der Waals surface area contributed by atoms with Gasteiger partial charge in [0.2, 0.25) is 0 Å². The zero-order valence-corrected chi connectivity index (χ0v) is 10.4. The van der Waals surface area contributed by atoms with Gasteiger partial charge in [-0.15, -0.1) is 0 Å². The van der Waals surface area contributed by atoms with E-state index in [4.69, 9.17) is 9.84 Å². The number of carboxylic acid groups (broad SMARTS) is 1. The number of aliphatic carboxylic acids is 1. The summed E-state index contributed by atoms with van der Waals surface area (Å²) < 4.78 is 18.6. The number of carboxylic acids is 1. The normalized spacial score (nSPS) is 22.2. The minimum atomic E-state index is -1.02. The molecule has 1 saturated heterocycles. The van der Waals surface area contributed by atoms with Gasteiger partial charge in [-0.25, -0.2) is 4.39 Å². The van der Waals surface area contributed by atoms with Crippen molar-refractivity contribution in [2.24, 2.45) is 5.92 Å². The molecule has 6 heteroatoms. The molecule has 1 aromatic carbocycles. The zero-order valence-electron chi connectivity index (χ0n) is 10.4. The first-order chi connectivity index (χ1) is 9.02. The highest BCUT2D eigenvalue weighted by atomic mass is 19.1. The van der Waals surface area contributed by atoms with E-state index in [0.29, 0.717) is 0 Å². The highest BCUT2D eigenvalue weighted by Gasteiger charge is 2.39. The number of likely N-dealkylation sites (N-methyl/N-ethyl adjacent to an activating group) is 1. The van der Waals surface area contributed by atoms with E-state index in [9.17, 15) is 14.0 Å². The van der Waals surface area contributed by atoms with Crippen molar-refractivity contribution in [3.8, 4) is 0 Å². The summed E-state index contributed by atoms with van der Waals surface area (Å²) in [4.78, 5) is 24.4. The number of hydrogen-bond donors (Lipinski definition) is 1. The van der Waals surface area contributed by atoms with Gasteiger partial charge in [0.15, 0.2) is 0 Å². The predicted octanol–water partition coefficient (Wildman–Crippen LogP) is 0.997. The van der Waals surface area contributed by atoms with E-state index in [1.165, 1.54) is 30.1 Å². The fraction of sp³-hybridized carbons (Fsp3) is 0.385. The Morgan fingerprint density at radius 3 is 2.68 bits per heavy atom. The molecule has 19 heavy (non-hydrogen) atoms. The van der Waals surface area contributed by atoms with Crippen LogP contribution in [-0.4, -0.2) is 48.2 Å². The summed E-state index contributed by atoms with van der Waals surface area (Å²) in [6.45, 7) is 0.211. The highest BCUT2D eigenvalue weighted by Crippen LogP contribution is 2.21. The predicted molar refractivity (Wildman–Crippen MR) is 64.2 cm³/mol. The number of nitrogens with zero attached hydrogens (tertiary/aromatic N) is 1. The lowest BCUT2D eigenvalue weighted by Gasteiger charge is -2.26. The van der Waals surface area contributed by atoms with Gasteiger partial charge in [0.05, 0.1) is 24.8 Å². The van der Waals surface area contributed by atoms with Crippen molar-refractivity contribution in [1.82, 2.24) is 4.90 Å². The second-order valence-electron chi connectivity index (χ2n) is 4.45. The molecular formula is C13H14FNO4. The lowest BCUT2D eigenvalue weighted by atomic mass is 10.0. The Morgan fingerprint density at radius 1 is 1.37 bits per heavy atom. The SMILES string of the molecule is CN(C(=O)c1ccccc1F)C1COCC1C(=O)O. The Labute approximate surface area is 109 Å². The maximum absolute atomic E-state index is 13.5. The van der Waals surface area contributed by atoms with Gasteiger partial charge in [-0.2, -0.15) is 0 Å². The molecular weight excluding hydrogens is 253 g/mol. The molecule has 1 fully saturated rings. The van der Waals surface area contributed by atoms with E-state index in [2.05, 4.69) is 0 Å². The van der Waals surface area contributed by atoms with Crippen LogP contribution in [0.5, 0.6) is 0 Å². The summed E-state index contributed by atoms with van der Waals surface area (Å²) in [5.41, 5.74) is -0.0685. The maximum atomic E-state index is 13.5. The minimum absolute atomic E-state index is 0.0644. The number of ether oxygens (including phenoxy) is 1. The monoisotopic (exact) mass is 267 g/mol. The molecule has 1 heterocycles. The molecule has 0 radical (unpaired) electrons. The van der Waals surface area contributed by atoms with Crippen molar-refractivity contribution < 1.29 is 23.8 Å². The van der Waals surface area contributed by atoms with Crippen molar-refractivity contribution in [2.75, 3.05) is 20.3 Å². The summed E-state index contributed by atoms with van der Waals surface area (Å²) in [5.74, 6) is -2.96. The first kappa shape index (κ1) is 13.5. The third-order valence-electron chi connectivity index (χ3n) is 3.29. The number of rotatable bonds is 3. The van der Waals surface area contributed by atoms with E-state index >= 15 is 0 Å². The number of benzene rings is 1. The van der Waals surface area contributed by atoms with Crippen LogP contribution in [0.1, 0.15) is 10.4 Å². The second kappa shape index (κ2) is 5.36. The van der Waals surface area contributed by atoms with Crippen molar-refractivity contribution >= 4 is 11.9 Å². The van der Waals surface area contributed by atoms with Crippen LogP contribution in [0.25, 0.3) is 0 Å². The fourth-order valence-corrected chi connectivity index (χ4v) is 2.14. The third-order valence-corrected chi connectivity index (χ3v) is 3.29. The van der Waals surface area contributed by atoms with Crippen LogP contribution in [0.15, 0.2) is 24.3 Å². The summed E-state index contributed by atoms with van der Waals surface area (Å²) in [6.07, 6.45) is 0. The van der Waals surface area contributed by atoms with Crippen molar-refractivity contribution in [1.29, 1.82) is 0 Å². The average Bonchev–Trinajstić information content (AvgIpc) is 2.87. The third kappa shape index (κ3) is 2.58. The first-order valence-corrected chi connectivity index (χ1v) is 5.84. The number of hydrogen-bond acceptors (Lipinski definition) is 3. The minimum Gasteiger partial charge on any atom is -0.481 e. The molecule has 1 aromatic rings. The standard InChI is InChI=1S/C13H14FNO4/c1-15(11-7-19-6-9(11)13(17)18)12(16)8-4-2-3-5-10(8)14/h2-5,9,11H,6-7H2,1H3,(H,17,18). The molecule has 102 valence electrons. The number of carbonyl (C=O) groups is 2. The number of carbonyl (C=O) groups excluding carboxylic acids is 1. The molecule has 1 aliphatic heterocycles. The van der Waals surface area contributed by atoms with E-state index in [-0.39, 0.29) is 18.8 Å². The van der Waals surface area contributed by atoms with Gasteiger partial charge >= 0.3 is 5.97 Å². The largest absolute Gasteiger partial charge is 0.481 e. The average molecular weight is 267 g/mol. The summed E-state index contributed by atoms with van der Waals surface area (Å²) in [7, 11) is 1.46. The summed E-state index contributed by atoms with van der Waals surface area (Å²) in [6, 6.07) is 5.04. The lowest BCUT2D eigenvalue weighted by Crippen LogP contribution is -2.44. The van der Waals surface area contributed by atoms with E-state index in [1.807, 2.05) is 0 Å². The van der Waals surface area contributed by atoms with E-state index < -0.39 is 29.7 Å². The molecule has 0 aliphatic carbocycles. The Morgan fingerprint density at radius 2 is 2.05 bits per heavy atom. The smallest absolute Gasteiger partial charge is 0.311 e. The molecule has 1 aliphatic rings. The van der Waals surface area contributed by atoms with Gasteiger partial charge in [0.25, 0.3) is 5.91 Å². The Balaban J connectivity index is 2.20. The first-order valence-electron chi connectivity index (χ1n) is 5.84. The van der Waals surface area contributed by atoms with Gasteiger partial charge in [-0.1, -0.05) is 12.1 Å². The van der Waals surface area contributed by atoms with E-state index in [0.717, 1.165) is 0 Å². The summed E-state index contributed by atoms with van der Waals surface area (Å²) >= 11 is 0. The highest BCUT2D eigenvalue weighted by molar-refractivity contribution is 5.94. The number of halogens is 1.